The molecule has 4 heterocycles. The van der Waals surface area contributed by atoms with Crippen LogP contribution < -0.4 is 5.32 Å². The largest absolute Gasteiger partial charge is 0.339 e. The molecule has 0 saturated carbocycles. The van der Waals surface area contributed by atoms with E-state index in [1.54, 1.807) is 12.1 Å². The number of anilines is 2. The number of amides is 1. The number of aryl methyl sites for hydroxylation is 2. The Morgan fingerprint density at radius 2 is 1.68 bits per heavy atom. The summed E-state index contributed by atoms with van der Waals surface area (Å²) in [5, 5.41) is 3.37. The van der Waals surface area contributed by atoms with Crippen LogP contribution in [0.1, 0.15) is 63.0 Å². The molecule has 0 bridgehead atoms. The van der Waals surface area contributed by atoms with Gasteiger partial charge >= 0.3 is 0 Å². The number of hydrogen-bond donors (Lipinski definition) is 1. The van der Waals surface area contributed by atoms with Crippen molar-refractivity contribution in [2.45, 2.75) is 52.5 Å². The first kappa shape index (κ1) is 25.0. The van der Waals surface area contributed by atoms with E-state index in [4.69, 9.17) is 4.98 Å². The Morgan fingerprint density at radius 1 is 0.946 bits per heavy atom. The highest BCUT2D eigenvalue weighted by atomic mass is 16.2. The molecule has 37 heavy (non-hydrogen) atoms. The molecule has 0 unspecified atom stereocenters. The number of aromatic nitrogens is 3. The molecule has 1 saturated heterocycles. The molecule has 1 fully saturated rings. The van der Waals surface area contributed by atoms with Crippen LogP contribution in [-0.2, 0) is 12.8 Å². The topological polar surface area (TPSA) is 91.3 Å². The maximum absolute atomic E-state index is 13.0. The number of carbonyl (C=O) groups is 2. The molecule has 8 nitrogen and oxygen atoms in total. The zero-order valence-electron chi connectivity index (χ0n) is 21.8. The van der Waals surface area contributed by atoms with Gasteiger partial charge < -0.3 is 10.2 Å². The Labute approximate surface area is 218 Å². The summed E-state index contributed by atoms with van der Waals surface area (Å²) in [4.78, 5) is 42.6. The van der Waals surface area contributed by atoms with E-state index in [1.807, 2.05) is 11.1 Å². The predicted molar refractivity (Wildman–Crippen MR) is 143 cm³/mol. The monoisotopic (exact) mass is 498 g/mol. The average molecular weight is 499 g/mol. The van der Waals surface area contributed by atoms with Gasteiger partial charge in [-0.3, -0.25) is 19.5 Å². The van der Waals surface area contributed by atoms with E-state index in [0.29, 0.717) is 36.3 Å². The van der Waals surface area contributed by atoms with E-state index in [9.17, 15) is 9.59 Å². The van der Waals surface area contributed by atoms with Gasteiger partial charge in [0, 0.05) is 69.2 Å². The number of ketones is 1. The van der Waals surface area contributed by atoms with Gasteiger partial charge in [0.2, 0.25) is 5.95 Å². The maximum Gasteiger partial charge on any atom is 0.253 e. The number of nitrogens with zero attached hydrogens (tertiary/aromatic N) is 5. The van der Waals surface area contributed by atoms with Crippen LogP contribution in [0, 0.1) is 13.8 Å². The maximum atomic E-state index is 13.0. The van der Waals surface area contributed by atoms with Crippen molar-refractivity contribution < 1.29 is 9.59 Å². The summed E-state index contributed by atoms with van der Waals surface area (Å²) in [7, 11) is 0. The van der Waals surface area contributed by atoms with Gasteiger partial charge in [0.15, 0.2) is 5.78 Å². The SMILES string of the molecule is CC(=O)c1cc(C(=O)N2CCC(N3CCc4cnc(Nc5cc(C)cc(C)c5)nc4CC3)CC2)ccn1. The smallest absolute Gasteiger partial charge is 0.253 e. The number of hydrogen-bond acceptors (Lipinski definition) is 7. The fourth-order valence-corrected chi connectivity index (χ4v) is 5.47. The molecule has 0 radical (unpaired) electrons. The number of pyridine rings is 1. The normalized spacial score (nSPS) is 16.7. The fourth-order valence-electron chi connectivity index (χ4n) is 5.47. The Bertz CT molecular complexity index is 1300. The van der Waals surface area contributed by atoms with Crippen molar-refractivity contribution in [2.75, 3.05) is 31.5 Å². The number of carbonyl (C=O) groups excluding carboxylic acids is 2. The summed E-state index contributed by atoms with van der Waals surface area (Å²) >= 11 is 0. The standard InChI is InChI=1S/C29H34N6O2/c1-19-14-20(2)16-24(15-19)32-29-31-18-23-5-10-34(13-8-26(23)33-29)25-6-11-35(12-7-25)28(37)22-4-9-30-27(17-22)21(3)36/h4,9,14-18,25H,5-8,10-13H2,1-3H3,(H,31,32,33). The van der Waals surface area contributed by atoms with E-state index in [2.05, 4.69) is 52.2 Å². The van der Waals surface area contributed by atoms with E-state index < -0.39 is 0 Å². The fraction of sp³-hybridized carbons (Fsp3) is 0.414. The van der Waals surface area contributed by atoms with Crippen molar-refractivity contribution >= 4 is 23.3 Å². The van der Waals surface area contributed by atoms with Gasteiger partial charge in [-0.2, -0.15) is 0 Å². The summed E-state index contributed by atoms with van der Waals surface area (Å²) in [6.07, 6.45) is 7.22. The third kappa shape index (κ3) is 5.85. The highest BCUT2D eigenvalue weighted by Crippen LogP contribution is 2.24. The molecule has 0 aliphatic carbocycles. The first-order valence-electron chi connectivity index (χ1n) is 13.1. The Morgan fingerprint density at radius 3 is 2.41 bits per heavy atom. The van der Waals surface area contributed by atoms with Crippen LogP contribution in [0.3, 0.4) is 0 Å². The molecule has 1 aromatic carbocycles. The Kier molecular flexibility index (Phi) is 7.28. The van der Waals surface area contributed by atoms with Crippen molar-refractivity contribution in [1.29, 1.82) is 0 Å². The molecule has 3 aromatic rings. The highest BCUT2D eigenvalue weighted by Gasteiger charge is 2.29. The third-order valence-electron chi connectivity index (χ3n) is 7.37. The molecular formula is C29H34N6O2. The van der Waals surface area contributed by atoms with Crippen molar-refractivity contribution in [2.24, 2.45) is 0 Å². The molecule has 2 aliphatic heterocycles. The van der Waals surface area contributed by atoms with Crippen LogP contribution in [-0.4, -0.2) is 68.7 Å². The number of Topliss-reactive ketones (excluding diaryl/α,β-unsaturated/α-hetero) is 1. The Balaban J connectivity index is 1.18. The first-order chi connectivity index (χ1) is 17.9. The molecule has 8 heteroatoms. The van der Waals surface area contributed by atoms with Crippen molar-refractivity contribution in [3.8, 4) is 0 Å². The van der Waals surface area contributed by atoms with Gasteiger partial charge in [0.25, 0.3) is 5.91 Å². The van der Waals surface area contributed by atoms with Crippen molar-refractivity contribution in [3.05, 3.63) is 76.4 Å². The van der Waals surface area contributed by atoms with Gasteiger partial charge in [-0.05, 0) is 74.1 Å². The quantitative estimate of drug-likeness (QED) is 0.529. The molecule has 2 aromatic heterocycles. The number of fused-ring (bicyclic) bond motifs is 1. The lowest BCUT2D eigenvalue weighted by molar-refractivity contribution is 0.0624. The van der Waals surface area contributed by atoms with Crippen LogP contribution in [0.25, 0.3) is 0 Å². The van der Waals surface area contributed by atoms with Crippen LogP contribution >= 0.6 is 0 Å². The average Bonchev–Trinajstić information content (AvgIpc) is 3.10. The van der Waals surface area contributed by atoms with Gasteiger partial charge in [-0.15, -0.1) is 0 Å². The highest BCUT2D eigenvalue weighted by molar-refractivity contribution is 5.98. The minimum Gasteiger partial charge on any atom is -0.339 e. The number of benzene rings is 1. The lowest BCUT2D eigenvalue weighted by atomic mass is 10.0. The van der Waals surface area contributed by atoms with E-state index >= 15 is 0 Å². The second kappa shape index (κ2) is 10.8. The molecule has 2 aliphatic rings. The summed E-state index contributed by atoms with van der Waals surface area (Å²) in [5.74, 6) is 0.493. The summed E-state index contributed by atoms with van der Waals surface area (Å²) < 4.78 is 0. The number of likely N-dealkylation sites (tertiary alicyclic amines) is 1. The summed E-state index contributed by atoms with van der Waals surface area (Å²) in [6.45, 7) is 9.02. The summed E-state index contributed by atoms with van der Waals surface area (Å²) in [6, 6.07) is 10.1. The molecule has 192 valence electrons. The minimum absolute atomic E-state index is 0.0225. The third-order valence-corrected chi connectivity index (χ3v) is 7.37. The van der Waals surface area contributed by atoms with Crippen molar-refractivity contribution in [3.63, 3.8) is 0 Å². The second-order valence-electron chi connectivity index (χ2n) is 10.2. The van der Waals surface area contributed by atoms with Crippen molar-refractivity contribution in [1.82, 2.24) is 24.8 Å². The lowest BCUT2D eigenvalue weighted by Gasteiger charge is -2.38. The van der Waals surface area contributed by atoms with Gasteiger partial charge in [0.1, 0.15) is 5.69 Å². The number of piperidine rings is 1. The zero-order valence-corrected chi connectivity index (χ0v) is 21.8. The van der Waals surface area contributed by atoms with Crippen LogP contribution in [0.4, 0.5) is 11.6 Å². The summed E-state index contributed by atoms with van der Waals surface area (Å²) in [5.41, 5.74) is 6.65. The van der Waals surface area contributed by atoms with E-state index in [-0.39, 0.29) is 11.7 Å². The molecule has 1 amide bonds. The lowest BCUT2D eigenvalue weighted by Crippen LogP contribution is -2.47. The van der Waals surface area contributed by atoms with Crippen LogP contribution in [0.5, 0.6) is 0 Å². The van der Waals surface area contributed by atoms with Gasteiger partial charge in [0.05, 0.1) is 5.69 Å². The zero-order chi connectivity index (χ0) is 25.9. The molecule has 0 atom stereocenters. The van der Waals surface area contributed by atoms with Gasteiger partial charge in [-0.1, -0.05) is 6.07 Å². The van der Waals surface area contributed by atoms with Crippen LogP contribution in [0.2, 0.25) is 0 Å². The van der Waals surface area contributed by atoms with Gasteiger partial charge in [-0.25, -0.2) is 9.97 Å². The minimum atomic E-state index is -0.131. The molecule has 1 N–H and O–H groups in total. The second-order valence-corrected chi connectivity index (χ2v) is 10.2. The Hall–Kier alpha value is -3.65. The number of rotatable bonds is 5. The molecule has 0 spiro atoms. The van der Waals surface area contributed by atoms with E-state index in [0.717, 1.165) is 50.2 Å². The van der Waals surface area contributed by atoms with E-state index in [1.165, 1.54) is 29.8 Å². The molecule has 5 rings (SSSR count). The predicted octanol–water partition coefficient (Wildman–Crippen LogP) is 4.14. The van der Waals surface area contributed by atoms with Crippen LogP contribution in [0.15, 0.2) is 42.7 Å². The number of nitrogens with one attached hydrogen (secondary N) is 1. The molecular weight excluding hydrogens is 464 g/mol. The first-order valence-corrected chi connectivity index (χ1v) is 13.1.